The molecule has 1 aromatic rings. The molecule has 86 valence electrons. The van der Waals surface area contributed by atoms with Crippen molar-refractivity contribution in [2.75, 3.05) is 0 Å². The summed E-state index contributed by atoms with van der Waals surface area (Å²) in [7, 11) is 0. The quantitative estimate of drug-likeness (QED) is 0.526. The molecule has 0 aliphatic carbocycles. The van der Waals surface area contributed by atoms with Crippen LogP contribution in [0.25, 0.3) is 0 Å². The lowest BCUT2D eigenvalue weighted by Gasteiger charge is -2.24. The Bertz CT molecular complexity index is 389. The largest absolute Gasteiger partial charge is 0.375 e. The van der Waals surface area contributed by atoms with E-state index in [9.17, 15) is 4.79 Å². The van der Waals surface area contributed by atoms with Crippen molar-refractivity contribution in [3.8, 4) is 0 Å². The van der Waals surface area contributed by atoms with Gasteiger partial charge in [0.2, 0.25) is 5.91 Å². The van der Waals surface area contributed by atoms with E-state index >= 15 is 0 Å². The van der Waals surface area contributed by atoms with Gasteiger partial charge in [-0.3, -0.25) is 15.6 Å². The summed E-state index contributed by atoms with van der Waals surface area (Å²) < 4.78 is 0. The second-order valence-corrected chi connectivity index (χ2v) is 4.37. The van der Waals surface area contributed by atoms with E-state index in [1.165, 1.54) is 0 Å². The van der Waals surface area contributed by atoms with Gasteiger partial charge in [-0.2, -0.15) is 0 Å². The van der Waals surface area contributed by atoms with Crippen LogP contribution in [-0.4, -0.2) is 11.0 Å². The molecule has 5 heteroatoms. The van der Waals surface area contributed by atoms with Crippen LogP contribution in [0, 0.1) is 0 Å². The molecule has 1 rings (SSSR count). The van der Waals surface area contributed by atoms with E-state index in [2.05, 4.69) is 23.1 Å². The molecule has 4 nitrogen and oxygen atoms in total. The van der Waals surface area contributed by atoms with Crippen LogP contribution < -0.4 is 16.6 Å². The van der Waals surface area contributed by atoms with Crippen molar-refractivity contribution < 1.29 is 4.79 Å². The molecular formula is C11H15N3OS. The molecule has 0 bridgehead atoms. The highest BCUT2D eigenvalue weighted by Crippen LogP contribution is 2.22. The van der Waals surface area contributed by atoms with E-state index in [0.717, 1.165) is 5.56 Å². The fourth-order valence-electron chi connectivity index (χ4n) is 1.26. The molecule has 0 fully saturated rings. The molecule has 1 aromatic carbocycles. The van der Waals surface area contributed by atoms with E-state index in [0.29, 0.717) is 0 Å². The summed E-state index contributed by atoms with van der Waals surface area (Å²) in [4.78, 5) is 11.9. The number of hydrazine groups is 1. The van der Waals surface area contributed by atoms with Crippen LogP contribution in [0.3, 0.4) is 0 Å². The lowest BCUT2D eigenvalue weighted by atomic mass is 9.84. The number of thiocarbonyl (C=S) groups is 1. The van der Waals surface area contributed by atoms with Gasteiger partial charge in [0, 0.05) is 0 Å². The minimum absolute atomic E-state index is 0.0391. The molecule has 0 atom stereocenters. The van der Waals surface area contributed by atoms with Crippen molar-refractivity contribution in [3.63, 3.8) is 0 Å². The van der Waals surface area contributed by atoms with E-state index in [1.807, 2.05) is 44.2 Å². The summed E-state index contributed by atoms with van der Waals surface area (Å²) in [5.41, 5.74) is 10.4. The maximum absolute atomic E-state index is 11.9. The van der Waals surface area contributed by atoms with Gasteiger partial charge in [0.05, 0.1) is 5.41 Å². The van der Waals surface area contributed by atoms with E-state index in [1.54, 1.807) is 0 Å². The molecule has 0 heterocycles. The summed E-state index contributed by atoms with van der Waals surface area (Å²) >= 11 is 4.61. The molecule has 0 unspecified atom stereocenters. The molecule has 16 heavy (non-hydrogen) atoms. The van der Waals surface area contributed by atoms with Gasteiger partial charge in [-0.05, 0) is 31.6 Å². The van der Waals surface area contributed by atoms with Crippen LogP contribution in [0.4, 0.5) is 0 Å². The van der Waals surface area contributed by atoms with E-state index in [-0.39, 0.29) is 11.0 Å². The average Bonchev–Trinajstić information content (AvgIpc) is 2.27. The third-order valence-electron chi connectivity index (χ3n) is 2.36. The van der Waals surface area contributed by atoms with Gasteiger partial charge in [-0.25, -0.2) is 0 Å². The standard InChI is InChI=1S/C11H15N3OS/c1-11(2,8-6-4-3-5-7-8)9(15)13-14-10(12)16/h3-7H,1-2H3,(H,13,15)(H3,12,14,16). The number of amides is 1. The molecule has 4 N–H and O–H groups in total. The van der Waals surface area contributed by atoms with Crippen molar-refractivity contribution in [1.29, 1.82) is 0 Å². The van der Waals surface area contributed by atoms with Gasteiger partial charge in [-0.15, -0.1) is 0 Å². The highest BCUT2D eigenvalue weighted by molar-refractivity contribution is 7.80. The van der Waals surface area contributed by atoms with Crippen molar-refractivity contribution in [1.82, 2.24) is 10.9 Å². The minimum Gasteiger partial charge on any atom is -0.375 e. The monoisotopic (exact) mass is 237 g/mol. The van der Waals surface area contributed by atoms with Crippen molar-refractivity contribution >= 4 is 23.2 Å². The minimum atomic E-state index is -0.640. The maximum Gasteiger partial charge on any atom is 0.248 e. The zero-order chi connectivity index (χ0) is 12.2. The number of hydrogen-bond donors (Lipinski definition) is 3. The van der Waals surface area contributed by atoms with Crippen molar-refractivity contribution in [2.45, 2.75) is 19.3 Å². The Kier molecular flexibility index (Phi) is 3.84. The number of carbonyl (C=O) groups is 1. The van der Waals surface area contributed by atoms with Crippen LogP contribution in [0.5, 0.6) is 0 Å². The smallest absolute Gasteiger partial charge is 0.248 e. The highest BCUT2D eigenvalue weighted by atomic mass is 32.1. The first-order chi connectivity index (χ1) is 7.44. The number of hydrogen-bond acceptors (Lipinski definition) is 2. The lowest BCUT2D eigenvalue weighted by Crippen LogP contribution is -2.50. The van der Waals surface area contributed by atoms with Gasteiger partial charge in [0.1, 0.15) is 0 Å². The topological polar surface area (TPSA) is 67.2 Å². The zero-order valence-corrected chi connectivity index (χ0v) is 10.1. The lowest BCUT2D eigenvalue weighted by molar-refractivity contribution is -0.126. The Hall–Kier alpha value is -1.62. The maximum atomic E-state index is 11.9. The molecule has 1 amide bonds. The summed E-state index contributed by atoms with van der Waals surface area (Å²) in [5, 5.41) is 0.0391. The van der Waals surface area contributed by atoms with Gasteiger partial charge >= 0.3 is 0 Å². The van der Waals surface area contributed by atoms with Crippen LogP contribution >= 0.6 is 12.2 Å². The molecule has 0 aliphatic rings. The summed E-state index contributed by atoms with van der Waals surface area (Å²) in [6.45, 7) is 3.66. The first-order valence-electron chi connectivity index (χ1n) is 4.86. The molecule has 0 radical (unpaired) electrons. The number of rotatable bonds is 2. The summed E-state index contributed by atoms with van der Waals surface area (Å²) in [6, 6.07) is 9.50. The summed E-state index contributed by atoms with van der Waals surface area (Å²) in [6.07, 6.45) is 0. The van der Waals surface area contributed by atoms with Gasteiger partial charge in [0.25, 0.3) is 0 Å². The zero-order valence-electron chi connectivity index (χ0n) is 9.28. The fraction of sp³-hybridized carbons (Fsp3) is 0.273. The molecule has 0 aromatic heterocycles. The normalized spacial score (nSPS) is 10.6. The molecule has 0 saturated carbocycles. The van der Waals surface area contributed by atoms with Crippen LogP contribution in [0.15, 0.2) is 30.3 Å². The first kappa shape index (κ1) is 12.4. The number of benzene rings is 1. The first-order valence-corrected chi connectivity index (χ1v) is 5.27. The molecule has 0 aliphatic heterocycles. The Labute approximate surface area is 100 Å². The van der Waals surface area contributed by atoms with E-state index < -0.39 is 5.41 Å². The van der Waals surface area contributed by atoms with Crippen LogP contribution in [0.2, 0.25) is 0 Å². The fourth-order valence-corrected chi connectivity index (χ4v) is 1.31. The highest BCUT2D eigenvalue weighted by Gasteiger charge is 2.29. The second kappa shape index (κ2) is 4.94. The predicted octanol–water partition coefficient (Wildman–Crippen LogP) is 0.829. The Morgan fingerprint density at radius 1 is 1.25 bits per heavy atom. The molecular weight excluding hydrogens is 222 g/mol. The number of carbonyl (C=O) groups excluding carboxylic acids is 1. The van der Waals surface area contributed by atoms with Gasteiger partial charge in [-0.1, -0.05) is 30.3 Å². The average molecular weight is 237 g/mol. The Morgan fingerprint density at radius 2 is 1.81 bits per heavy atom. The number of nitrogens with one attached hydrogen (secondary N) is 2. The SMILES string of the molecule is CC(C)(C(=O)NNC(N)=S)c1ccccc1. The predicted molar refractivity (Wildman–Crippen MR) is 67.5 cm³/mol. The van der Waals surface area contributed by atoms with Crippen LogP contribution in [-0.2, 0) is 10.2 Å². The third-order valence-corrected chi connectivity index (χ3v) is 2.46. The van der Waals surface area contributed by atoms with Crippen LogP contribution in [0.1, 0.15) is 19.4 Å². The molecule has 0 spiro atoms. The molecule has 0 saturated heterocycles. The third kappa shape index (κ3) is 2.93. The Morgan fingerprint density at radius 3 is 2.31 bits per heavy atom. The van der Waals surface area contributed by atoms with E-state index in [4.69, 9.17) is 5.73 Å². The summed E-state index contributed by atoms with van der Waals surface area (Å²) in [5.74, 6) is -0.188. The van der Waals surface area contributed by atoms with Crippen molar-refractivity contribution in [2.24, 2.45) is 5.73 Å². The second-order valence-electron chi connectivity index (χ2n) is 3.93. The van der Waals surface area contributed by atoms with Crippen molar-refractivity contribution in [3.05, 3.63) is 35.9 Å². The van der Waals surface area contributed by atoms with Gasteiger partial charge in [0.15, 0.2) is 5.11 Å². The van der Waals surface area contributed by atoms with Gasteiger partial charge < -0.3 is 5.73 Å². The Balaban J connectivity index is 2.78. The number of nitrogens with two attached hydrogens (primary N) is 1.